The minimum absolute atomic E-state index is 0.131. The first-order valence-corrected chi connectivity index (χ1v) is 5.51. The molecule has 1 aromatic rings. The van der Waals surface area contributed by atoms with E-state index in [4.69, 9.17) is 5.73 Å². The highest BCUT2D eigenvalue weighted by Gasteiger charge is 1.91. The first kappa shape index (κ1) is 11.6. The molecule has 0 bridgehead atoms. The van der Waals surface area contributed by atoms with E-state index in [9.17, 15) is 4.79 Å². The molecule has 0 saturated carbocycles. The summed E-state index contributed by atoms with van der Waals surface area (Å²) in [4.78, 5) is 14.5. The third-order valence-corrected chi connectivity index (χ3v) is 2.37. The van der Waals surface area contributed by atoms with Crippen molar-refractivity contribution >= 4 is 22.7 Å². The maximum Gasteiger partial charge on any atom is 0.185 e. The van der Waals surface area contributed by atoms with Gasteiger partial charge in [-0.05, 0) is 12.1 Å². The number of hydrogen-bond acceptors (Lipinski definition) is 4. The van der Waals surface area contributed by atoms with Gasteiger partial charge in [-0.1, -0.05) is 23.6 Å². The van der Waals surface area contributed by atoms with Crippen LogP contribution in [0.2, 0.25) is 0 Å². The van der Waals surface area contributed by atoms with Crippen LogP contribution in [0.5, 0.6) is 0 Å². The van der Waals surface area contributed by atoms with Gasteiger partial charge in [-0.3, -0.25) is 4.79 Å². The second-order valence-corrected chi connectivity index (χ2v) is 4.14. The molecule has 2 N–H and O–H groups in total. The predicted molar refractivity (Wildman–Crippen MR) is 63.3 cm³/mol. The molecule has 15 heavy (non-hydrogen) atoms. The van der Waals surface area contributed by atoms with Crippen molar-refractivity contribution < 1.29 is 4.79 Å². The summed E-state index contributed by atoms with van der Waals surface area (Å²) in [6, 6.07) is 3.54. The Morgan fingerprint density at radius 2 is 2.40 bits per heavy atom. The van der Waals surface area contributed by atoms with Gasteiger partial charge in [0.1, 0.15) is 5.82 Å². The molecule has 0 fully saturated rings. The van der Waals surface area contributed by atoms with Gasteiger partial charge >= 0.3 is 0 Å². The van der Waals surface area contributed by atoms with E-state index in [2.05, 4.69) is 16.8 Å². The Kier molecular flexibility index (Phi) is 4.72. The molecule has 0 saturated heterocycles. The molecular weight excluding hydrogens is 208 g/mol. The van der Waals surface area contributed by atoms with Crippen molar-refractivity contribution in [1.82, 2.24) is 4.98 Å². The maximum atomic E-state index is 10.6. The van der Waals surface area contributed by atoms with Crippen LogP contribution < -0.4 is 5.73 Å². The lowest BCUT2D eigenvalue weighted by Crippen LogP contribution is -1.88. The van der Waals surface area contributed by atoms with Crippen molar-refractivity contribution in [2.24, 2.45) is 0 Å². The molecule has 1 aromatic heterocycles. The summed E-state index contributed by atoms with van der Waals surface area (Å²) in [6.07, 6.45) is 2.34. The van der Waals surface area contributed by atoms with Crippen molar-refractivity contribution in [2.75, 3.05) is 11.5 Å². The fraction of sp³-hybridized carbons (Fsp3) is 0.273. The number of anilines is 1. The highest BCUT2D eigenvalue weighted by atomic mass is 32.2. The molecule has 0 unspecified atom stereocenters. The van der Waals surface area contributed by atoms with Crippen molar-refractivity contribution in [2.45, 2.75) is 13.3 Å². The Morgan fingerprint density at radius 1 is 1.60 bits per heavy atom. The summed E-state index contributed by atoms with van der Waals surface area (Å²) in [5.41, 5.74) is 6.28. The van der Waals surface area contributed by atoms with E-state index in [0.717, 1.165) is 11.3 Å². The summed E-state index contributed by atoms with van der Waals surface area (Å²) in [5, 5.41) is 0.131. The fourth-order valence-electron chi connectivity index (χ4n) is 0.890. The molecule has 0 aliphatic carbocycles. The number of hydrogen-bond donors (Lipinski definition) is 1. The van der Waals surface area contributed by atoms with E-state index in [-0.39, 0.29) is 5.12 Å². The molecule has 0 aliphatic heterocycles. The monoisotopic (exact) mass is 220 g/mol. The van der Waals surface area contributed by atoms with Crippen LogP contribution in [0.25, 0.3) is 0 Å². The van der Waals surface area contributed by atoms with E-state index in [1.54, 1.807) is 19.2 Å². The number of pyridine rings is 1. The van der Waals surface area contributed by atoms with E-state index >= 15 is 0 Å². The van der Waals surface area contributed by atoms with Gasteiger partial charge in [0.2, 0.25) is 0 Å². The number of aromatic nitrogens is 1. The first-order chi connectivity index (χ1) is 7.18. The molecule has 0 atom stereocenters. The van der Waals surface area contributed by atoms with E-state index in [0.29, 0.717) is 12.2 Å². The number of nitrogen functional groups attached to an aromatic ring is 1. The van der Waals surface area contributed by atoms with Crippen LogP contribution in [-0.4, -0.2) is 15.9 Å². The summed E-state index contributed by atoms with van der Waals surface area (Å²) in [7, 11) is 0. The standard InChI is InChI=1S/C11H12N2OS/c1-9(14)15-7-3-2-4-10-5-6-11(12)13-8-10/h5-6,8H,3,7H2,1H3,(H2,12,13). The van der Waals surface area contributed by atoms with Gasteiger partial charge in [-0.25, -0.2) is 4.98 Å². The van der Waals surface area contributed by atoms with Crippen molar-refractivity contribution in [1.29, 1.82) is 0 Å². The van der Waals surface area contributed by atoms with Crippen LogP contribution in [0.3, 0.4) is 0 Å². The topological polar surface area (TPSA) is 56.0 Å². The molecule has 3 nitrogen and oxygen atoms in total. The zero-order valence-electron chi connectivity index (χ0n) is 8.49. The Labute approximate surface area is 93.5 Å². The molecule has 0 radical (unpaired) electrons. The van der Waals surface area contributed by atoms with Gasteiger partial charge in [0.05, 0.1) is 0 Å². The van der Waals surface area contributed by atoms with Crippen molar-refractivity contribution in [3.05, 3.63) is 23.9 Å². The average Bonchev–Trinajstić information content (AvgIpc) is 2.20. The van der Waals surface area contributed by atoms with Gasteiger partial charge in [0.25, 0.3) is 0 Å². The van der Waals surface area contributed by atoms with Gasteiger partial charge in [-0.2, -0.15) is 0 Å². The molecule has 0 amide bonds. The van der Waals surface area contributed by atoms with Crippen molar-refractivity contribution in [3.8, 4) is 11.8 Å². The Bertz CT molecular complexity index is 389. The largest absolute Gasteiger partial charge is 0.384 e. The normalized spacial score (nSPS) is 9.13. The average molecular weight is 220 g/mol. The third-order valence-electron chi connectivity index (χ3n) is 1.55. The van der Waals surface area contributed by atoms with Crippen LogP contribution in [0.1, 0.15) is 18.9 Å². The second-order valence-electron chi connectivity index (χ2n) is 2.86. The summed E-state index contributed by atoms with van der Waals surface area (Å²) < 4.78 is 0. The number of carbonyl (C=O) groups excluding carboxylic acids is 1. The van der Waals surface area contributed by atoms with Gasteiger partial charge < -0.3 is 5.73 Å². The number of carbonyl (C=O) groups is 1. The van der Waals surface area contributed by atoms with Crippen LogP contribution in [-0.2, 0) is 4.79 Å². The summed E-state index contributed by atoms with van der Waals surface area (Å²) in [6.45, 7) is 1.56. The van der Waals surface area contributed by atoms with Crippen LogP contribution in [0.4, 0.5) is 5.82 Å². The van der Waals surface area contributed by atoms with Gasteiger partial charge in [-0.15, -0.1) is 0 Å². The minimum atomic E-state index is 0.131. The minimum Gasteiger partial charge on any atom is -0.384 e. The zero-order chi connectivity index (χ0) is 11.1. The molecule has 4 heteroatoms. The van der Waals surface area contributed by atoms with E-state index in [1.807, 2.05) is 6.07 Å². The fourth-order valence-corrected chi connectivity index (χ4v) is 1.38. The highest BCUT2D eigenvalue weighted by Crippen LogP contribution is 2.03. The quantitative estimate of drug-likeness (QED) is 0.608. The van der Waals surface area contributed by atoms with E-state index in [1.165, 1.54) is 11.8 Å². The second kappa shape index (κ2) is 6.10. The molecular formula is C11H12N2OS. The SMILES string of the molecule is CC(=O)SCCC#Cc1ccc(N)nc1. The zero-order valence-corrected chi connectivity index (χ0v) is 9.30. The maximum absolute atomic E-state index is 10.6. The molecule has 1 heterocycles. The smallest absolute Gasteiger partial charge is 0.185 e. The lowest BCUT2D eigenvalue weighted by atomic mass is 10.3. The Balaban J connectivity index is 2.38. The van der Waals surface area contributed by atoms with Gasteiger partial charge in [0.15, 0.2) is 5.12 Å². The number of nitrogens with zero attached hydrogens (tertiary/aromatic N) is 1. The number of nitrogens with two attached hydrogens (primary N) is 1. The predicted octanol–water partition coefficient (Wildman–Crippen LogP) is 1.69. The van der Waals surface area contributed by atoms with Crippen molar-refractivity contribution in [3.63, 3.8) is 0 Å². The van der Waals surface area contributed by atoms with Crippen LogP contribution >= 0.6 is 11.8 Å². The van der Waals surface area contributed by atoms with Crippen LogP contribution in [0.15, 0.2) is 18.3 Å². The molecule has 1 rings (SSSR count). The molecule has 0 aromatic carbocycles. The summed E-state index contributed by atoms with van der Waals surface area (Å²) >= 11 is 1.29. The van der Waals surface area contributed by atoms with Gasteiger partial charge in [0, 0.05) is 30.9 Å². The lowest BCUT2D eigenvalue weighted by Gasteiger charge is -1.91. The number of rotatable bonds is 2. The third kappa shape index (κ3) is 5.08. The van der Waals surface area contributed by atoms with E-state index < -0.39 is 0 Å². The first-order valence-electron chi connectivity index (χ1n) is 4.52. The highest BCUT2D eigenvalue weighted by molar-refractivity contribution is 8.13. The lowest BCUT2D eigenvalue weighted by molar-refractivity contribution is -0.109. The number of thioether (sulfide) groups is 1. The molecule has 78 valence electrons. The Morgan fingerprint density at radius 3 is 3.00 bits per heavy atom. The summed E-state index contributed by atoms with van der Waals surface area (Å²) in [5.74, 6) is 7.16. The molecule has 0 aliphatic rings. The molecule has 0 spiro atoms. The van der Waals surface area contributed by atoms with Crippen LogP contribution in [0, 0.1) is 11.8 Å². The Hall–Kier alpha value is -1.47.